The zero-order valence-electron chi connectivity index (χ0n) is 11.7. The Morgan fingerprint density at radius 3 is 2.40 bits per heavy atom. The average molecular weight is 285 g/mol. The number of nitrogens with two attached hydrogens (primary N) is 1. The largest absolute Gasteiger partial charge is 0.381 e. The summed E-state index contributed by atoms with van der Waals surface area (Å²) >= 11 is 0. The van der Waals surface area contributed by atoms with Gasteiger partial charge in [0.25, 0.3) is 0 Å². The van der Waals surface area contributed by atoms with Gasteiger partial charge < -0.3 is 15.2 Å². The molecule has 0 radical (unpaired) electrons. The Labute approximate surface area is 118 Å². The van der Waals surface area contributed by atoms with E-state index < -0.39 is 17.2 Å². The molecular weight excluding hydrogens is 264 g/mol. The van der Waals surface area contributed by atoms with Gasteiger partial charge in [0.15, 0.2) is 0 Å². The van der Waals surface area contributed by atoms with Crippen molar-refractivity contribution in [3.05, 3.63) is 35.4 Å². The molecule has 1 aromatic rings. The average Bonchev–Trinajstić information content (AvgIpc) is 2.38. The highest BCUT2D eigenvalue weighted by Crippen LogP contribution is 2.30. The fraction of sp³-hybridized carbons (Fsp3) is 0.600. The number of ether oxygens (including phenoxy) is 2. The molecule has 1 unspecified atom stereocenters. The van der Waals surface area contributed by atoms with Crippen LogP contribution in [0.1, 0.15) is 25.3 Å². The van der Waals surface area contributed by atoms with Crippen LogP contribution in [0.5, 0.6) is 0 Å². The van der Waals surface area contributed by atoms with E-state index in [0.29, 0.717) is 44.6 Å². The Morgan fingerprint density at radius 2 is 1.85 bits per heavy atom. The van der Waals surface area contributed by atoms with Crippen LogP contribution in [0.3, 0.4) is 0 Å². The first-order chi connectivity index (χ1) is 9.55. The van der Waals surface area contributed by atoms with Gasteiger partial charge in [0.2, 0.25) is 0 Å². The van der Waals surface area contributed by atoms with Crippen molar-refractivity contribution in [2.45, 2.75) is 37.8 Å². The molecule has 3 nitrogen and oxygen atoms in total. The van der Waals surface area contributed by atoms with E-state index >= 15 is 0 Å². The first kappa shape index (κ1) is 15.4. The Balaban J connectivity index is 2.13. The molecule has 2 rings (SSSR count). The Hall–Kier alpha value is -1.04. The number of hydrogen-bond acceptors (Lipinski definition) is 3. The third kappa shape index (κ3) is 3.53. The quantitative estimate of drug-likeness (QED) is 0.903. The van der Waals surface area contributed by atoms with Crippen molar-refractivity contribution >= 4 is 0 Å². The molecule has 112 valence electrons. The van der Waals surface area contributed by atoms with Crippen molar-refractivity contribution in [3.8, 4) is 0 Å². The minimum Gasteiger partial charge on any atom is -0.381 e. The van der Waals surface area contributed by atoms with Crippen LogP contribution in [0.2, 0.25) is 0 Å². The van der Waals surface area contributed by atoms with Gasteiger partial charge >= 0.3 is 0 Å². The zero-order chi connectivity index (χ0) is 14.6. The second-order valence-corrected chi connectivity index (χ2v) is 5.20. The first-order valence-corrected chi connectivity index (χ1v) is 6.98. The lowest BCUT2D eigenvalue weighted by molar-refractivity contribution is -0.120. The Bertz CT molecular complexity index is 422. The summed E-state index contributed by atoms with van der Waals surface area (Å²) in [4.78, 5) is 0. The molecule has 20 heavy (non-hydrogen) atoms. The van der Waals surface area contributed by atoms with Crippen LogP contribution < -0.4 is 5.73 Å². The lowest BCUT2D eigenvalue weighted by Gasteiger charge is -2.41. The molecule has 0 saturated carbocycles. The monoisotopic (exact) mass is 285 g/mol. The lowest BCUT2D eigenvalue weighted by atomic mass is 9.83. The van der Waals surface area contributed by atoms with Crippen LogP contribution in [0.4, 0.5) is 8.78 Å². The molecule has 1 heterocycles. The van der Waals surface area contributed by atoms with Crippen LogP contribution >= 0.6 is 0 Å². The van der Waals surface area contributed by atoms with Gasteiger partial charge in [0, 0.05) is 44.8 Å². The maximum absolute atomic E-state index is 13.2. The molecule has 1 aliphatic rings. The number of halogens is 2. The third-order valence-electron chi connectivity index (χ3n) is 3.82. The fourth-order valence-electron chi connectivity index (χ4n) is 2.80. The summed E-state index contributed by atoms with van der Waals surface area (Å²) in [7, 11) is 0. The van der Waals surface area contributed by atoms with Gasteiger partial charge in [-0.15, -0.1) is 0 Å². The van der Waals surface area contributed by atoms with Crippen molar-refractivity contribution in [2.75, 3.05) is 19.8 Å². The van der Waals surface area contributed by atoms with Crippen molar-refractivity contribution in [1.82, 2.24) is 0 Å². The maximum Gasteiger partial charge on any atom is 0.126 e. The predicted molar refractivity (Wildman–Crippen MR) is 72.4 cm³/mol. The van der Waals surface area contributed by atoms with E-state index in [-0.39, 0.29) is 6.04 Å². The van der Waals surface area contributed by atoms with E-state index in [1.807, 2.05) is 6.92 Å². The highest BCUT2D eigenvalue weighted by atomic mass is 19.1. The molecule has 0 spiro atoms. The second kappa shape index (κ2) is 6.61. The Morgan fingerprint density at radius 1 is 1.25 bits per heavy atom. The molecule has 1 aromatic carbocycles. The van der Waals surface area contributed by atoms with E-state index in [2.05, 4.69) is 0 Å². The molecule has 1 aliphatic heterocycles. The summed E-state index contributed by atoms with van der Waals surface area (Å²) < 4.78 is 37.7. The standard InChI is InChI=1S/C15H21F2NO2/c1-2-20-15(3-5-19-6-4-15)14(18)9-11-7-12(16)10-13(17)8-11/h7-8,10,14H,2-6,9,18H2,1H3. The highest BCUT2D eigenvalue weighted by Gasteiger charge is 2.39. The van der Waals surface area contributed by atoms with Gasteiger partial charge in [-0.05, 0) is 31.0 Å². The lowest BCUT2D eigenvalue weighted by Crippen LogP contribution is -2.54. The molecule has 2 N–H and O–H groups in total. The summed E-state index contributed by atoms with van der Waals surface area (Å²) in [5, 5.41) is 0. The number of benzene rings is 1. The Kier molecular flexibility index (Phi) is 5.07. The SMILES string of the molecule is CCOC1(C(N)Cc2cc(F)cc(F)c2)CCOCC1. The predicted octanol–water partition coefficient (Wildman–Crippen LogP) is 2.42. The molecule has 1 saturated heterocycles. The van der Waals surface area contributed by atoms with Crippen molar-refractivity contribution < 1.29 is 18.3 Å². The van der Waals surface area contributed by atoms with Gasteiger partial charge in [0.05, 0.1) is 5.60 Å². The van der Waals surface area contributed by atoms with E-state index in [9.17, 15) is 8.78 Å². The minimum atomic E-state index is -0.579. The van der Waals surface area contributed by atoms with Crippen molar-refractivity contribution in [3.63, 3.8) is 0 Å². The van der Waals surface area contributed by atoms with Gasteiger partial charge in [-0.1, -0.05) is 0 Å². The van der Waals surface area contributed by atoms with E-state index in [1.54, 1.807) is 0 Å². The van der Waals surface area contributed by atoms with Gasteiger partial charge in [-0.25, -0.2) is 8.78 Å². The number of rotatable bonds is 5. The van der Waals surface area contributed by atoms with Gasteiger partial charge in [0.1, 0.15) is 11.6 Å². The van der Waals surface area contributed by atoms with E-state index in [1.165, 1.54) is 12.1 Å². The smallest absolute Gasteiger partial charge is 0.126 e. The molecule has 1 atom stereocenters. The van der Waals surface area contributed by atoms with Gasteiger partial charge in [-0.2, -0.15) is 0 Å². The van der Waals surface area contributed by atoms with Crippen LogP contribution in [0.15, 0.2) is 18.2 Å². The number of hydrogen-bond donors (Lipinski definition) is 1. The summed E-state index contributed by atoms with van der Waals surface area (Å²) in [6.45, 7) is 3.69. The molecule has 0 amide bonds. The summed E-state index contributed by atoms with van der Waals surface area (Å²) in [5.41, 5.74) is 6.37. The van der Waals surface area contributed by atoms with E-state index in [4.69, 9.17) is 15.2 Å². The maximum atomic E-state index is 13.2. The van der Waals surface area contributed by atoms with Crippen LogP contribution in [0.25, 0.3) is 0 Å². The van der Waals surface area contributed by atoms with Crippen molar-refractivity contribution in [2.24, 2.45) is 5.73 Å². The van der Waals surface area contributed by atoms with Gasteiger partial charge in [-0.3, -0.25) is 0 Å². The van der Waals surface area contributed by atoms with Crippen molar-refractivity contribution in [1.29, 1.82) is 0 Å². The summed E-state index contributed by atoms with van der Waals surface area (Å²) in [5.74, 6) is -1.16. The molecule has 5 heteroatoms. The molecule has 0 aromatic heterocycles. The topological polar surface area (TPSA) is 44.5 Å². The zero-order valence-corrected chi connectivity index (χ0v) is 11.7. The van der Waals surface area contributed by atoms with Crippen LogP contribution in [-0.2, 0) is 15.9 Å². The molecule has 0 aliphatic carbocycles. The molecular formula is C15H21F2NO2. The normalized spacial score (nSPS) is 19.8. The van der Waals surface area contributed by atoms with Crippen LogP contribution in [0, 0.1) is 11.6 Å². The summed E-state index contributed by atoms with van der Waals surface area (Å²) in [6.07, 6.45) is 1.80. The minimum absolute atomic E-state index is 0.312. The first-order valence-electron chi connectivity index (χ1n) is 6.98. The fourth-order valence-corrected chi connectivity index (χ4v) is 2.80. The molecule has 0 bridgehead atoms. The van der Waals surface area contributed by atoms with E-state index in [0.717, 1.165) is 6.07 Å². The third-order valence-corrected chi connectivity index (χ3v) is 3.82. The molecule has 1 fully saturated rings. The van der Waals surface area contributed by atoms with Crippen LogP contribution in [-0.4, -0.2) is 31.5 Å². The second-order valence-electron chi connectivity index (χ2n) is 5.20. The highest BCUT2D eigenvalue weighted by molar-refractivity contribution is 5.20. The summed E-state index contributed by atoms with van der Waals surface area (Å²) in [6, 6.07) is 3.19.